The number of unbranched alkanes of at least 4 members (excludes halogenated alkanes) is 3. The van der Waals surface area contributed by atoms with Gasteiger partial charge in [-0.1, -0.05) is 92.7 Å². The van der Waals surface area contributed by atoms with Crippen molar-refractivity contribution in [2.24, 2.45) is 0 Å². The van der Waals surface area contributed by atoms with E-state index in [2.05, 4.69) is 67.7 Å². The van der Waals surface area contributed by atoms with Gasteiger partial charge in [-0.25, -0.2) is 0 Å². The van der Waals surface area contributed by atoms with E-state index in [0.29, 0.717) is 6.42 Å². The molecule has 0 aromatic rings. The van der Waals surface area contributed by atoms with Crippen LogP contribution in [-0.2, 0) is 0 Å². The topological polar surface area (TPSA) is 20.2 Å². The van der Waals surface area contributed by atoms with Crippen LogP contribution in [0.5, 0.6) is 0 Å². The van der Waals surface area contributed by atoms with Crippen LogP contribution in [0.1, 0.15) is 84.5 Å². The Kier molecular flexibility index (Phi) is 20.1. The summed E-state index contributed by atoms with van der Waals surface area (Å²) >= 11 is 5.02. The van der Waals surface area contributed by atoms with E-state index in [1.807, 2.05) is 6.92 Å². The zero-order valence-corrected chi connectivity index (χ0v) is 18.3. The molecular weight excluding hydrogens is 348 g/mol. The second kappa shape index (κ2) is 21.1. The summed E-state index contributed by atoms with van der Waals surface area (Å²) in [7, 11) is 0. The molecule has 0 aliphatic heterocycles. The molecule has 1 N–H and O–H groups in total. The van der Waals surface area contributed by atoms with Gasteiger partial charge < -0.3 is 5.11 Å². The largest absolute Gasteiger partial charge is 0.393 e. The molecule has 0 spiro atoms. The van der Waals surface area contributed by atoms with E-state index < -0.39 is 0 Å². The Balaban J connectivity index is 3.46. The maximum Gasteiger partial charge on any atom is 0.0585 e. The van der Waals surface area contributed by atoms with Crippen LogP contribution < -0.4 is 0 Å². The van der Waals surface area contributed by atoms with Gasteiger partial charge in [-0.3, -0.25) is 0 Å². The van der Waals surface area contributed by atoms with Crippen molar-refractivity contribution in [1.29, 1.82) is 0 Å². The van der Waals surface area contributed by atoms with E-state index in [-0.39, 0.29) is 6.10 Å². The van der Waals surface area contributed by atoms with Gasteiger partial charge in [0.15, 0.2) is 0 Å². The minimum atomic E-state index is -0.240. The number of rotatable bonds is 17. The standard InChI is InChI=1S/C25H40OS/c1-3-4-5-6-7-8-9-10-11-12-13-14-15-16-17-18-19-20-21-22-25(26)23-24(2)27/h4-5,7-8,10-11,13-14,16-17,25-26H,3,6,9,12,15,18-23H2,1-2H3/b5-4-,8-7-,11-10-,14-13-,17-16-. The van der Waals surface area contributed by atoms with Crippen molar-refractivity contribution >= 4 is 17.1 Å². The summed E-state index contributed by atoms with van der Waals surface area (Å²) in [6.07, 6.45) is 33.4. The van der Waals surface area contributed by atoms with E-state index in [1.165, 1.54) is 12.8 Å². The molecule has 1 nitrogen and oxygen atoms in total. The monoisotopic (exact) mass is 388 g/mol. The predicted octanol–water partition coefficient (Wildman–Crippen LogP) is 7.83. The molecule has 0 saturated carbocycles. The molecule has 0 heterocycles. The van der Waals surface area contributed by atoms with Gasteiger partial charge in [0.1, 0.15) is 0 Å². The van der Waals surface area contributed by atoms with Crippen molar-refractivity contribution in [1.82, 2.24) is 0 Å². The second-order valence-electron chi connectivity index (χ2n) is 6.91. The predicted molar refractivity (Wildman–Crippen MR) is 126 cm³/mol. The molecule has 27 heavy (non-hydrogen) atoms. The first kappa shape index (κ1) is 25.8. The third-order valence-electron chi connectivity index (χ3n) is 4.09. The zero-order chi connectivity index (χ0) is 20.0. The van der Waals surface area contributed by atoms with Crippen LogP contribution >= 0.6 is 12.2 Å². The fraction of sp³-hybridized carbons (Fsp3) is 0.560. The average Bonchev–Trinajstić information content (AvgIpc) is 2.63. The van der Waals surface area contributed by atoms with Crippen molar-refractivity contribution in [3.8, 4) is 0 Å². The molecule has 0 aliphatic carbocycles. The van der Waals surface area contributed by atoms with Crippen LogP contribution in [-0.4, -0.2) is 16.1 Å². The molecule has 0 aromatic carbocycles. The van der Waals surface area contributed by atoms with Crippen molar-refractivity contribution < 1.29 is 5.11 Å². The molecule has 0 saturated heterocycles. The van der Waals surface area contributed by atoms with Crippen LogP contribution in [0.15, 0.2) is 60.8 Å². The van der Waals surface area contributed by atoms with Gasteiger partial charge in [-0.05, 0) is 63.2 Å². The smallest absolute Gasteiger partial charge is 0.0585 e. The number of hydrogen-bond donors (Lipinski definition) is 1. The molecule has 1 unspecified atom stereocenters. The number of allylic oxidation sites excluding steroid dienone is 10. The molecule has 0 aliphatic rings. The molecule has 0 amide bonds. The highest BCUT2D eigenvalue weighted by Crippen LogP contribution is 2.09. The summed E-state index contributed by atoms with van der Waals surface area (Å²) < 4.78 is 0. The molecule has 0 fully saturated rings. The number of aliphatic hydroxyl groups is 1. The van der Waals surface area contributed by atoms with E-state index in [9.17, 15) is 5.11 Å². The third kappa shape index (κ3) is 22.7. The summed E-state index contributed by atoms with van der Waals surface area (Å²) in [5, 5.41) is 9.74. The lowest BCUT2D eigenvalue weighted by atomic mass is 10.1. The van der Waals surface area contributed by atoms with E-state index in [0.717, 1.165) is 56.2 Å². The SMILES string of the molecule is CC/C=C\C/C=C\C/C=C\C/C=C\C/C=C\CCCCCC(O)CC(C)=S. The molecule has 152 valence electrons. The van der Waals surface area contributed by atoms with Gasteiger partial charge in [0.2, 0.25) is 0 Å². The molecule has 0 aromatic heterocycles. The summed E-state index contributed by atoms with van der Waals surface area (Å²) in [6, 6.07) is 0. The molecular formula is C25H40OS. The first-order valence-corrected chi connectivity index (χ1v) is 11.0. The Bertz CT molecular complexity index is 483. The minimum Gasteiger partial charge on any atom is -0.393 e. The van der Waals surface area contributed by atoms with Gasteiger partial charge >= 0.3 is 0 Å². The van der Waals surface area contributed by atoms with Crippen molar-refractivity contribution in [2.45, 2.75) is 90.6 Å². The highest BCUT2D eigenvalue weighted by molar-refractivity contribution is 7.80. The lowest BCUT2D eigenvalue weighted by molar-refractivity contribution is 0.169. The zero-order valence-electron chi connectivity index (χ0n) is 17.5. The molecule has 1 atom stereocenters. The quantitative estimate of drug-likeness (QED) is 0.156. The maximum absolute atomic E-state index is 9.74. The van der Waals surface area contributed by atoms with Crippen LogP contribution in [0.4, 0.5) is 0 Å². The van der Waals surface area contributed by atoms with Crippen molar-refractivity contribution in [3.05, 3.63) is 60.8 Å². The first-order valence-electron chi connectivity index (χ1n) is 10.6. The van der Waals surface area contributed by atoms with Gasteiger partial charge in [-0.2, -0.15) is 0 Å². The Morgan fingerprint density at radius 2 is 1.22 bits per heavy atom. The normalized spacial score (nSPS) is 13.9. The summed E-state index contributed by atoms with van der Waals surface area (Å²) in [4.78, 5) is 0.904. The highest BCUT2D eigenvalue weighted by Gasteiger charge is 2.03. The highest BCUT2D eigenvalue weighted by atomic mass is 32.1. The van der Waals surface area contributed by atoms with Gasteiger partial charge in [0.25, 0.3) is 0 Å². The second-order valence-corrected chi connectivity index (χ2v) is 7.60. The summed E-state index contributed by atoms with van der Waals surface area (Å²) in [5.74, 6) is 0. The maximum atomic E-state index is 9.74. The van der Waals surface area contributed by atoms with Crippen LogP contribution in [0.2, 0.25) is 0 Å². The van der Waals surface area contributed by atoms with Gasteiger partial charge in [0, 0.05) is 6.42 Å². The Hall–Kier alpha value is -1.25. The summed E-state index contributed by atoms with van der Waals surface area (Å²) in [6.45, 7) is 4.06. The number of aliphatic hydroxyl groups excluding tert-OH is 1. The van der Waals surface area contributed by atoms with Crippen LogP contribution in [0.3, 0.4) is 0 Å². The molecule has 0 radical (unpaired) electrons. The minimum absolute atomic E-state index is 0.240. The Morgan fingerprint density at radius 3 is 1.70 bits per heavy atom. The van der Waals surface area contributed by atoms with Crippen LogP contribution in [0.25, 0.3) is 0 Å². The Labute approximate surface area is 173 Å². The average molecular weight is 389 g/mol. The molecule has 0 rings (SSSR count). The summed E-state index contributed by atoms with van der Waals surface area (Å²) in [5.41, 5.74) is 0. The lowest BCUT2D eigenvalue weighted by Crippen LogP contribution is -2.09. The van der Waals surface area contributed by atoms with Gasteiger partial charge in [-0.15, -0.1) is 0 Å². The van der Waals surface area contributed by atoms with E-state index in [4.69, 9.17) is 12.2 Å². The van der Waals surface area contributed by atoms with Crippen LogP contribution in [0, 0.1) is 0 Å². The third-order valence-corrected chi connectivity index (χ3v) is 4.26. The van der Waals surface area contributed by atoms with E-state index in [1.54, 1.807) is 0 Å². The van der Waals surface area contributed by atoms with Crippen molar-refractivity contribution in [2.75, 3.05) is 0 Å². The number of thiocarbonyl (C=S) groups is 1. The lowest BCUT2D eigenvalue weighted by Gasteiger charge is -2.08. The fourth-order valence-corrected chi connectivity index (χ4v) is 2.81. The first-order chi connectivity index (χ1) is 13.2. The Morgan fingerprint density at radius 1 is 0.741 bits per heavy atom. The fourth-order valence-electron chi connectivity index (χ4n) is 2.62. The van der Waals surface area contributed by atoms with E-state index >= 15 is 0 Å². The van der Waals surface area contributed by atoms with Crippen molar-refractivity contribution in [3.63, 3.8) is 0 Å². The van der Waals surface area contributed by atoms with Gasteiger partial charge in [0.05, 0.1) is 6.10 Å². The number of hydrogen-bond acceptors (Lipinski definition) is 2. The molecule has 0 bridgehead atoms. The molecule has 2 heteroatoms.